The molecule has 9 heteroatoms. The Balaban J connectivity index is 1.85. The average Bonchev–Trinajstić information content (AvgIpc) is 3.00. The van der Waals surface area contributed by atoms with Gasteiger partial charge in [0.05, 0.1) is 6.54 Å². The Morgan fingerprint density at radius 1 is 1.35 bits per heavy atom. The SMILES string of the molecule is O=CN1CCN(C(=O)CNS(=O)(=O)c2cccs2)CC1. The van der Waals surface area contributed by atoms with Crippen molar-refractivity contribution >= 4 is 33.7 Å². The molecule has 2 rings (SSSR count). The number of carbonyl (C=O) groups excluding carboxylic acids is 2. The van der Waals surface area contributed by atoms with Gasteiger partial charge in [-0.15, -0.1) is 11.3 Å². The van der Waals surface area contributed by atoms with Crippen LogP contribution < -0.4 is 4.72 Å². The minimum Gasteiger partial charge on any atom is -0.342 e. The van der Waals surface area contributed by atoms with E-state index in [9.17, 15) is 18.0 Å². The van der Waals surface area contributed by atoms with Crippen molar-refractivity contribution in [1.82, 2.24) is 14.5 Å². The van der Waals surface area contributed by atoms with E-state index in [1.807, 2.05) is 0 Å². The molecule has 1 N–H and O–H groups in total. The Kier molecular flexibility index (Phi) is 4.73. The Labute approximate surface area is 121 Å². The fraction of sp³-hybridized carbons (Fsp3) is 0.455. The van der Waals surface area contributed by atoms with E-state index in [0.29, 0.717) is 26.2 Å². The molecule has 2 amide bonds. The fourth-order valence-electron chi connectivity index (χ4n) is 1.83. The quantitative estimate of drug-likeness (QED) is 0.730. The van der Waals surface area contributed by atoms with Crippen LogP contribution in [0.1, 0.15) is 0 Å². The second-order valence-electron chi connectivity index (χ2n) is 4.28. The number of carbonyl (C=O) groups is 2. The molecule has 0 unspecified atom stereocenters. The minimum absolute atomic E-state index is 0.191. The van der Waals surface area contributed by atoms with Gasteiger partial charge in [0.2, 0.25) is 12.3 Å². The predicted octanol–water partition coefficient (Wildman–Crippen LogP) is -0.673. The van der Waals surface area contributed by atoms with Gasteiger partial charge in [-0.1, -0.05) is 6.07 Å². The molecule has 1 aliphatic rings. The smallest absolute Gasteiger partial charge is 0.250 e. The summed E-state index contributed by atoms with van der Waals surface area (Å²) in [5.41, 5.74) is 0. The molecular weight excluding hydrogens is 302 g/mol. The maximum absolute atomic E-state index is 11.9. The molecule has 1 aromatic heterocycles. The molecule has 0 atom stereocenters. The lowest BCUT2D eigenvalue weighted by atomic mass is 10.3. The van der Waals surface area contributed by atoms with Crippen LogP contribution in [0.5, 0.6) is 0 Å². The molecule has 0 aromatic carbocycles. The number of piperazine rings is 1. The van der Waals surface area contributed by atoms with Gasteiger partial charge in [0.25, 0.3) is 10.0 Å². The first-order valence-electron chi connectivity index (χ1n) is 6.03. The second-order valence-corrected chi connectivity index (χ2v) is 7.22. The van der Waals surface area contributed by atoms with Crippen LogP contribution >= 0.6 is 11.3 Å². The second kappa shape index (κ2) is 6.33. The van der Waals surface area contributed by atoms with Crippen molar-refractivity contribution in [3.05, 3.63) is 17.5 Å². The van der Waals surface area contributed by atoms with Gasteiger partial charge >= 0.3 is 0 Å². The highest BCUT2D eigenvalue weighted by Crippen LogP contribution is 2.15. The summed E-state index contributed by atoms with van der Waals surface area (Å²) in [5.74, 6) is -0.282. The van der Waals surface area contributed by atoms with Gasteiger partial charge < -0.3 is 9.80 Å². The summed E-state index contributed by atoms with van der Waals surface area (Å²) >= 11 is 1.10. The Hall–Kier alpha value is -1.45. The normalized spacial score (nSPS) is 16.2. The van der Waals surface area contributed by atoms with E-state index in [1.54, 1.807) is 21.2 Å². The number of sulfonamides is 1. The van der Waals surface area contributed by atoms with E-state index in [-0.39, 0.29) is 16.7 Å². The fourth-order valence-corrected chi connectivity index (χ4v) is 3.84. The molecule has 110 valence electrons. The average molecular weight is 317 g/mol. The molecule has 0 spiro atoms. The molecule has 0 aliphatic carbocycles. The first-order chi connectivity index (χ1) is 9.53. The van der Waals surface area contributed by atoms with Crippen LogP contribution in [-0.4, -0.2) is 63.3 Å². The van der Waals surface area contributed by atoms with Gasteiger partial charge in [0.1, 0.15) is 4.21 Å². The van der Waals surface area contributed by atoms with Crippen LogP contribution in [0.4, 0.5) is 0 Å². The van der Waals surface area contributed by atoms with E-state index in [2.05, 4.69) is 4.72 Å². The van der Waals surface area contributed by atoms with Gasteiger partial charge in [-0.3, -0.25) is 9.59 Å². The van der Waals surface area contributed by atoms with Gasteiger partial charge in [-0.2, -0.15) is 0 Å². The van der Waals surface area contributed by atoms with E-state index < -0.39 is 10.0 Å². The van der Waals surface area contributed by atoms with Crippen LogP contribution in [0.25, 0.3) is 0 Å². The molecule has 0 saturated carbocycles. The van der Waals surface area contributed by atoms with Crippen LogP contribution in [-0.2, 0) is 19.6 Å². The Bertz CT molecular complexity index is 562. The summed E-state index contributed by atoms with van der Waals surface area (Å²) in [5, 5.41) is 1.66. The van der Waals surface area contributed by atoms with Crippen LogP contribution in [0.3, 0.4) is 0 Å². The lowest BCUT2D eigenvalue weighted by Gasteiger charge is -2.32. The molecule has 20 heavy (non-hydrogen) atoms. The third-order valence-corrected chi connectivity index (χ3v) is 5.79. The van der Waals surface area contributed by atoms with Crippen molar-refractivity contribution in [2.75, 3.05) is 32.7 Å². The number of amides is 2. The summed E-state index contributed by atoms with van der Waals surface area (Å²) in [7, 11) is -3.61. The Morgan fingerprint density at radius 3 is 2.60 bits per heavy atom. The summed E-state index contributed by atoms with van der Waals surface area (Å²) in [6, 6.07) is 3.13. The number of hydrogen-bond acceptors (Lipinski definition) is 5. The number of thiophene rings is 1. The highest BCUT2D eigenvalue weighted by molar-refractivity contribution is 7.91. The molecule has 1 aliphatic heterocycles. The molecule has 2 heterocycles. The molecule has 0 bridgehead atoms. The lowest BCUT2D eigenvalue weighted by molar-refractivity contribution is -0.134. The summed E-state index contributed by atoms with van der Waals surface area (Å²) in [4.78, 5) is 25.6. The summed E-state index contributed by atoms with van der Waals surface area (Å²) < 4.78 is 26.2. The number of hydrogen-bond donors (Lipinski definition) is 1. The van der Waals surface area contributed by atoms with Crippen molar-refractivity contribution in [3.63, 3.8) is 0 Å². The Morgan fingerprint density at radius 2 is 2.05 bits per heavy atom. The third-order valence-electron chi connectivity index (χ3n) is 2.99. The first-order valence-corrected chi connectivity index (χ1v) is 8.39. The summed E-state index contributed by atoms with van der Waals surface area (Å²) in [6.07, 6.45) is 0.751. The van der Waals surface area contributed by atoms with Gasteiger partial charge in [-0.05, 0) is 11.4 Å². The van der Waals surface area contributed by atoms with Gasteiger partial charge in [0, 0.05) is 26.2 Å². The van der Waals surface area contributed by atoms with Crippen molar-refractivity contribution in [3.8, 4) is 0 Å². The van der Waals surface area contributed by atoms with Crippen LogP contribution in [0.2, 0.25) is 0 Å². The number of nitrogens with one attached hydrogen (secondary N) is 1. The number of rotatable bonds is 5. The highest BCUT2D eigenvalue weighted by atomic mass is 32.2. The zero-order chi connectivity index (χ0) is 14.6. The predicted molar refractivity (Wildman–Crippen MR) is 73.7 cm³/mol. The zero-order valence-electron chi connectivity index (χ0n) is 10.7. The van der Waals surface area contributed by atoms with Crippen molar-refractivity contribution < 1.29 is 18.0 Å². The van der Waals surface area contributed by atoms with Crippen molar-refractivity contribution in [2.45, 2.75) is 4.21 Å². The number of nitrogens with zero attached hydrogens (tertiary/aromatic N) is 2. The van der Waals surface area contributed by atoms with Crippen LogP contribution in [0.15, 0.2) is 21.7 Å². The van der Waals surface area contributed by atoms with E-state index >= 15 is 0 Å². The molecular formula is C11H15N3O4S2. The van der Waals surface area contributed by atoms with Crippen LogP contribution in [0, 0.1) is 0 Å². The highest BCUT2D eigenvalue weighted by Gasteiger charge is 2.22. The first kappa shape index (κ1) is 14.9. The van der Waals surface area contributed by atoms with E-state index in [0.717, 1.165) is 17.7 Å². The summed E-state index contributed by atoms with van der Waals surface area (Å²) in [6.45, 7) is 1.55. The zero-order valence-corrected chi connectivity index (χ0v) is 12.3. The van der Waals surface area contributed by atoms with Crippen molar-refractivity contribution in [2.24, 2.45) is 0 Å². The molecule has 1 aromatic rings. The molecule has 1 fully saturated rings. The monoisotopic (exact) mass is 317 g/mol. The lowest BCUT2D eigenvalue weighted by Crippen LogP contribution is -2.50. The van der Waals surface area contributed by atoms with E-state index in [4.69, 9.17) is 0 Å². The third kappa shape index (κ3) is 3.56. The molecule has 7 nitrogen and oxygen atoms in total. The maximum Gasteiger partial charge on any atom is 0.250 e. The van der Waals surface area contributed by atoms with Crippen molar-refractivity contribution in [1.29, 1.82) is 0 Å². The topological polar surface area (TPSA) is 86.8 Å². The molecule has 1 saturated heterocycles. The molecule has 0 radical (unpaired) electrons. The van der Waals surface area contributed by atoms with Gasteiger partial charge in [-0.25, -0.2) is 13.1 Å². The maximum atomic E-state index is 11.9. The largest absolute Gasteiger partial charge is 0.342 e. The minimum atomic E-state index is -3.61. The van der Waals surface area contributed by atoms with E-state index in [1.165, 1.54) is 6.07 Å². The standard InChI is InChI=1S/C11H15N3O4S2/c15-9-13-3-5-14(6-4-13)10(16)8-12-20(17,18)11-2-1-7-19-11/h1-2,7,9,12H,3-6,8H2. The van der Waals surface area contributed by atoms with Gasteiger partial charge in [0.15, 0.2) is 0 Å².